The monoisotopic (exact) mass is 293 g/mol. The summed E-state index contributed by atoms with van der Waals surface area (Å²) in [7, 11) is -1.93. The predicted molar refractivity (Wildman–Crippen MR) is 73.1 cm³/mol. The largest absolute Gasteiger partial charge is 0.497 e. The SMILES string of the molecule is CCS(=O)(=O)[C@H]1[C@@H](c2ccc(OC)cc2)[C@@]1(C#N)C=O. The van der Waals surface area contributed by atoms with Crippen LogP contribution in [0.4, 0.5) is 0 Å². The molecule has 1 aromatic carbocycles. The zero-order chi connectivity index (χ0) is 15.0. The maximum absolute atomic E-state index is 12.1. The molecule has 3 atom stereocenters. The first kappa shape index (κ1) is 14.5. The smallest absolute Gasteiger partial charge is 0.155 e. The second-order valence-electron chi connectivity index (χ2n) is 4.79. The summed E-state index contributed by atoms with van der Waals surface area (Å²) in [4.78, 5) is 11.3. The molecule has 0 aliphatic heterocycles. The van der Waals surface area contributed by atoms with E-state index < -0.39 is 26.4 Å². The van der Waals surface area contributed by atoms with Crippen LogP contribution in [0.2, 0.25) is 0 Å². The molecule has 1 saturated carbocycles. The van der Waals surface area contributed by atoms with E-state index >= 15 is 0 Å². The number of hydrogen-bond acceptors (Lipinski definition) is 5. The third-order valence-corrected chi connectivity index (χ3v) is 6.07. The Morgan fingerprint density at radius 1 is 1.40 bits per heavy atom. The van der Waals surface area contributed by atoms with E-state index in [0.29, 0.717) is 17.6 Å². The van der Waals surface area contributed by atoms with Gasteiger partial charge in [-0.3, -0.25) is 0 Å². The van der Waals surface area contributed by atoms with E-state index in [1.807, 2.05) is 6.07 Å². The average molecular weight is 293 g/mol. The van der Waals surface area contributed by atoms with Crippen molar-refractivity contribution in [3.05, 3.63) is 29.8 Å². The molecule has 1 aliphatic rings. The molecule has 0 heterocycles. The van der Waals surface area contributed by atoms with Crippen molar-refractivity contribution in [2.45, 2.75) is 18.1 Å². The van der Waals surface area contributed by atoms with Gasteiger partial charge < -0.3 is 9.53 Å². The number of benzene rings is 1. The number of ether oxygens (including phenoxy) is 1. The third kappa shape index (κ3) is 1.98. The van der Waals surface area contributed by atoms with Crippen LogP contribution in [0, 0.1) is 16.7 Å². The topological polar surface area (TPSA) is 84.2 Å². The first-order chi connectivity index (χ1) is 9.46. The lowest BCUT2D eigenvalue weighted by atomic mass is 10.0. The van der Waals surface area contributed by atoms with Crippen molar-refractivity contribution in [1.82, 2.24) is 0 Å². The van der Waals surface area contributed by atoms with Gasteiger partial charge in [0.2, 0.25) is 0 Å². The van der Waals surface area contributed by atoms with E-state index in [0.717, 1.165) is 0 Å². The zero-order valence-corrected chi connectivity index (χ0v) is 12.1. The molecule has 0 aromatic heterocycles. The van der Waals surface area contributed by atoms with E-state index in [4.69, 9.17) is 4.74 Å². The van der Waals surface area contributed by atoms with Crippen molar-refractivity contribution in [3.63, 3.8) is 0 Å². The Morgan fingerprint density at radius 3 is 2.40 bits per heavy atom. The first-order valence-corrected chi connectivity index (χ1v) is 7.91. The van der Waals surface area contributed by atoms with Gasteiger partial charge in [-0.15, -0.1) is 0 Å². The molecular formula is C14H15NO4S. The first-order valence-electron chi connectivity index (χ1n) is 6.20. The second-order valence-corrected chi connectivity index (χ2v) is 7.20. The Morgan fingerprint density at radius 2 is 2.00 bits per heavy atom. The van der Waals surface area contributed by atoms with Gasteiger partial charge in [0, 0.05) is 11.7 Å². The van der Waals surface area contributed by atoms with Gasteiger partial charge in [0.15, 0.2) is 9.84 Å². The summed E-state index contributed by atoms with van der Waals surface area (Å²) in [5.74, 6) is -0.0412. The normalized spacial score (nSPS) is 28.4. The Balaban J connectivity index is 2.44. The molecule has 0 N–H and O–H groups in total. The maximum Gasteiger partial charge on any atom is 0.155 e. The van der Waals surface area contributed by atoms with Gasteiger partial charge in [0.25, 0.3) is 0 Å². The molecule has 0 saturated heterocycles. The summed E-state index contributed by atoms with van der Waals surface area (Å²) >= 11 is 0. The molecule has 0 bridgehead atoms. The number of sulfone groups is 1. The zero-order valence-electron chi connectivity index (χ0n) is 11.2. The highest BCUT2D eigenvalue weighted by Crippen LogP contribution is 2.61. The Bertz CT molecular complexity index is 659. The molecule has 0 radical (unpaired) electrons. The Labute approximate surface area is 118 Å². The standard InChI is InChI=1S/C14H15NO4S/c1-3-20(17,18)13-12(14(13,8-15)9-16)10-4-6-11(19-2)7-5-10/h4-7,9,12-13H,3H2,1-2H3/t12-,13+,14-/m1/s1. The van der Waals surface area contributed by atoms with Crippen LogP contribution in [0.15, 0.2) is 24.3 Å². The summed E-state index contributed by atoms with van der Waals surface area (Å²) in [5, 5.41) is 8.30. The van der Waals surface area contributed by atoms with Crippen LogP contribution >= 0.6 is 0 Å². The number of nitrogens with zero attached hydrogens (tertiary/aromatic N) is 1. The third-order valence-electron chi connectivity index (χ3n) is 3.83. The Kier molecular flexibility index (Phi) is 3.57. The summed E-state index contributed by atoms with van der Waals surface area (Å²) in [5.41, 5.74) is -0.787. The van der Waals surface area contributed by atoms with Gasteiger partial charge in [-0.05, 0) is 17.7 Å². The van der Waals surface area contributed by atoms with Crippen LogP contribution in [-0.4, -0.2) is 32.8 Å². The predicted octanol–water partition coefficient (Wildman–Crippen LogP) is 1.30. The highest BCUT2D eigenvalue weighted by Gasteiger charge is 2.72. The van der Waals surface area contributed by atoms with E-state index in [1.54, 1.807) is 24.3 Å². The molecule has 5 nitrogen and oxygen atoms in total. The molecule has 0 spiro atoms. The maximum atomic E-state index is 12.1. The minimum absolute atomic E-state index is 0.0818. The van der Waals surface area contributed by atoms with E-state index in [-0.39, 0.29) is 5.75 Å². The van der Waals surface area contributed by atoms with Crippen LogP contribution in [-0.2, 0) is 14.6 Å². The lowest BCUT2D eigenvalue weighted by Gasteiger charge is -2.03. The van der Waals surface area contributed by atoms with Gasteiger partial charge in [-0.1, -0.05) is 19.1 Å². The van der Waals surface area contributed by atoms with Crippen molar-refractivity contribution in [3.8, 4) is 11.8 Å². The van der Waals surface area contributed by atoms with Gasteiger partial charge in [-0.2, -0.15) is 5.26 Å². The fourth-order valence-electron chi connectivity index (χ4n) is 2.62. The highest BCUT2D eigenvalue weighted by atomic mass is 32.2. The van der Waals surface area contributed by atoms with Crippen molar-refractivity contribution in [2.75, 3.05) is 12.9 Å². The van der Waals surface area contributed by atoms with Crippen LogP contribution in [0.3, 0.4) is 0 Å². The van der Waals surface area contributed by atoms with Crippen LogP contribution in [0.1, 0.15) is 18.4 Å². The van der Waals surface area contributed by atoms with Crippen molar-refractivity contribution in [1.29, 1.82) is 5.26 Å². The van der Waals surface area contributed by atoms with Gasteiger partial charge in [0.1, 0.15) is 17.5 Å². The summed E-state index contributed by atoms with van der Waals surface area (Å²) < 4.78 is 29.2. The van der Waals surface area contributed by atoms with Gasteiger partial charge >= 0.3 is 0 Å². The van der Waals surface area contributed by atoms with Crippen molar-refractivity contribution >= 4 is 16.1 Å². The molecule has 2 rings (SSSR count). The van der Waals surface area contributed by atoms with Crippen LogP contribution in [0.25, 0.3) is 0 Å². The number of carbonyl (C=O) groups excluding carboxylic acids is 1. The van der Waals surface area contributed by atoms with E-state index in [1.165, 1.54) is 14.0 Å². The summed E-state index contributed by atoms with van der Waals surface area (Å²) in [6, 6.07) is 8.67. The van der Waals surface area contributed by atoms with Gasteiger partial charge in [-0.25, -0.2) is 8.42 Å². The van der Waals surface area contributed by atoms with E-state index in [9.17, 15) is 18.5 Å². The number of methoxy groups -OCH3 is 1. The fraction of sp³-hybridized carbons (Fsp3) is 0.429. The number of rotatable bonds is 5. The summed E-state index contributed by atoms with van der Waals surface area (Å²) in [6.45, 7) is 1.52. The number of carbonyl (C=O) groups is 1. The van der Waals surface area contributed by atoms with Gasteiger partial charge in [0.05, 0.1) is 18.4 Å². The minimum atomic E-state index is -3.45. The second kappa shape index (κ2) is 4.91. The minimum Gasteiger partial charge on any atom is -0.497 e. The fourth-order valence-corrected chi connectivity index (χ4v) is 4.55. The van der Waals surface area contributed by atoms with Crippen LogP contribution < -0.4 is 4.74 Å². The molecule has 106 valence electrons. The molecule has 1 fully saturated rings. The lowest BCUT2D eigenvalue weighted by molar-refractivity contribution is -0.110. The molecule has 0 unspecified atom stereocenters. The summed E-state index contributed by atoms with van der Waals surface area (Å²) in [6.07, 6.45) is 0.472. The Hall–Kier alpha value is -1.87. The quantitative estimate of drug-likeness (QED) is 0.764. The number of hydrogen-bond donors (Lipinski definition) is 0. The average Bonchev–Trinajstić information content (AvgIpc) is 3.18. The number of nitriles is 1. The van der Waals surface area contributed by atoms with Crippen molar-refractivity contribution < 1.29 is 17.9 Å². The highest BCUT2D eigenvalue weighted by molar-refractivity contribution is 7.92. The molecule has 1 aromatic rings. The lowest BCUT2D eigenvalue weighted by Crippen LogP contribution is -2.17. The molecule has 6 heteroatoms. The van der Waals surface area contributed by atoms with Crippen LogP contribution in [0.5, 0.6) is 5.75 Å². The molecule has 0 amide bonds. The molecular weight excluding hydrogens is 278 g/mol. The molecule has 20 heavy (non-hydrogen) atoms. The molecule has 1 aliphatic carbocycles. The number of aldehydes is 1. The van der Waals surface area contributed by atoms with Crippen molar-refractivity contribution in [2.24, 2.45) is 5.41 Å². The van der Waals surface area contributed by atoms with E-state index in [2.05, 4.69) is 0 Å².